The molecule has 0 bridgehead atoms. The highest BCUT2D eigenvalue weighted by Crippen LogP contribution is 2.16. The summed E-state index contributed by atoms with van der Waals surface area (Å²) < 4.78 is 10.3. The van der Waals surface area contributed by atoms with E-state index in [4.69, 9.17) is 9.15 Å². The second kappa shape index (κ2) is 9.08. The first-order valence-corrected chi connectivity index (χ1v) is 8.63. The zero-order chi connectivity index (χ0) is 19.1. The number of carbonyl (C=O) groups excluding carboxylic acids is 1. The van der Waals surface area contributed by atoms with Gasteiger partial charge in [-0.15, -0.1) is 0 Å². The lowest BCUT2D eigenvalue weighted by Crippen LogP contribution is -2.38. The van der Waals surface area contributed by atoms with Crippen LogP contribution in [0.4, 0.5) is 0 Å². The third-order valence-electron chi connectivity index (χ3n) is 4.21. The van der Waals surface area contributed by atoms with E-state index < -0.39 is 5.97 Å². The number of rotatable bonds is 6. The highest BCUT2D eigenvalue weighted by molar-refractivity contribution is 5.90. The van der Waals surface area contributed by atoms with Crippen LogP contribution in [-0.4, -0.2) is 32.6 Å². The summed E-state index contributed by atoms with van der Waals surface area (Å²) in [4.78, 5) is 15.9. The summed E-state index contributed by atoms with van der Waals surface area (Å²) in [6.45, 7) is 7.20. The van der Waals surface area contributed by atoms with Crippen molar-refractivity contribution in [2.45, 2.75) is 33.2 Å². The van der Waals surface area contributed by atoms with Gasteiger partial charge in [0.2, 0.25) is 0 Å². The lowest BCUT2D eigenvalue weighted by molar-refractivity contribution is 0.0599. The highest BCUT2D eigenvalue weighted by Gasteiger charge is 2.15. The van der Waals surface area contributed by atoms with Gasteiger partial charge in [0, 0.05) is 13.6 Å². The molecule has 26 heavy (non-hydrogen) atoms. The van der Waals surface area contributed by atoms with E-state index in [2.05, 4.69) is 53.7 Å². The van der Waals surface area contributed by atoms with Gasteiger partial charge in [0.25, 0.3) is 0 Å². The number of methoxy groups -OCH3 is 1. The van der Waals surface area contributed by atoms with Crippen molar-refractivity contribution in [1.29, 1.82) is 0 Å². The largest absolute Gasteiger partial charge is 0.465 e. The van der Waals surface area contributed by atoms with Crippen LogP contribution in [0.15, 0.2) is 39.7 Å². The van der Waals surface area contributed by atoms with Crippen LogP contribution in [0.2, 0.25) is 0 Å². The molecule has 1 unspecified atom stereocenters. The van der Waals surface area contributed by atoms with E-state index in [-0.39, 0.29) is 0 Å². The van der Waals surface area contributed by atoms with Gasteiger partial charge >= 0.3 is 5.97 Å². The number of hydrogen-bond donors (Lipinski definition) is 2. The summed E-state index contributed by atoms with van der Waals surface area (Å²) in [5.41, 5.74) is 2.99. The zero-order valence-electron chi connectivity index (χ0n) is 16.1. The first kappa shape index (κ1) is 19.6. The van der Waals surface area contributed by atoms with Crippen molar-refractivity contribution in [2.24, 2.45) is 4.99 Å². The number of aliphatic imine (C=N–C) groups is 1. The summed E-state index contributed by atoms with van der Waals surface area (Å²) in [5.74, 6) is 1.83. The van der Waals surface area contributed by atoms with E-state index in [0.717, 1.165) is 6.54 Å². The minimum Gasteiger partial charge on any atom is -0.465 e. The molecule has 1 aromatic carbocycles. The molecule has 1 atom stereocenters. The van der Waals surface area contributed by atoms with Crippen molar-refractivity contribution in [3.05, 3.63) is 58.5 Å². The number of nitrogens with zero attached hydrogens (tertiary/aromatic N) is 1. The van der Waals surface area contributed by atoms with E-state index in [1.165, 1.54) is 18.2 Å². The number of esters is 1. The Hall–Kier alpha value is -2.76. The Morgan fingerprint density at radius 2 is 2.04 bits per heavy atom. The fraction of sp³-hybridized carbons (Fsp3) is 0.400. The average Bonchev–Trinajstić information content (AvgIpc) is 3.01. The Balaban J connectivity index is 1.89. The third kappa shape index (κ3) is 5.12. The molecule has 1 aromatic heterocycles. The summed E-state index contributed by atoms with van der Waals surface area (Å²) in [6, 6.07) is 10.2. The van der Waals surface area contributed by atoms with Crippen molar-refractivity contribution in [3.63, 3.8) is 0 Å². The third-order valence-corrected chi connectivity index (χ3v) is 4.21. The van der Waals surface area contributed by atoms with Crippen LogP contribution in [0.5, 0.6) is 0 Å². The highest BCUT2D eigenvalue weighted by atomic mass is 16.5. The predicted molar refractivity (Wildman–Crippen MR) is 103 cm³/mol. The van der Waals surface area contributed by atoms with Gasteiger partial charge in [-0.2, -0.15) is 0 Å². The predicted octanol–water partition coefficient (Wildman–Crippen LogP) is 3.15. The quantitative estimate of drug-likeness (QED) is 0.472. The standard InChI is InChI=1S/C20H27N3O3/c1-13-7-6-8-16(9-13)14(2)11-22-20(21-4)23-12-17-10-18(15(3)26-17)19(24)25-5/h6-10,14H,11-12H2,1-5H3,(H2,21,22,23). The summed E-state index contributed by atoms with van der Waals surface area (Å²) in [5, 5.41) is 6.51. The molecule has 0 saturated carbocycles. The molecule has 0 radical (unpaired) electrons. The van der Waals surface area contributed by atoms with Gasteiger partial charge < -0.3 is 19.8 Å². The molecule has 140 valence electrons. The van der Waals surface area contributed by atoms with Crippen LogP contribution in [0.3, 0.4) is 0 Å². The van der Waals surface area contributed by atoms with Crippen molar-refractivity contribution in [2.75, 3.05) is 20.7 Å². The van der Waals surface area contributed by atoms with Crippen LogP contribution < -0.4 is 10.6 Å². The normalized spacial score (nSPS) is 12.6. The molecule has 2 rings (SSSR count). The summed E-state index contributed by atoms with van der Waals surface area (Å²) in [7, 11) is 3.08. The fourth-order valence-corrected chi connectivity index (χ4v) is 2.68. The van der Waals surface area contributed by atoms with E-state index in [0.29, 0.717) is 35.5 Å². The molecule has 6 heteroatoms. The van der Waals surface area contributed by atoms with E-state index in [1.54, 1.807) is 20.0 Å². The minimum absolute atomic E-state index is 0.352. The maximum absolute atomic E-state index is 11.6. The van der Waals surface area contributed by atoms with Crippen molar-refractivity contribution >= 4 is 11.9 Å². The van der Waals surface area contributed by atoms with E-state index in [9.17, 15) is 4.79 Å². The monoisotopic (exact) mass is 357 g/mol. The molecule has 6 nitrogen and oxygen atoms in total. The molecule has 0 aliphatic carbocycles. The Labute approximate surface area is 154 Å². The number of guanidine groups is 1. The first-order valence-electron chi connectivity index (χ1n) is 8.63. The maximum atomic E-state index is 11.6. The molecule has 2 N–H and O–H groups in total. The van der Waals surface area contributed by atoms with Gasteiger partial charge in [0.1, 0.15) is 17.1 Å². The van der Waals surface area contributed by atoms with Gasteiger partial charge in [-0.1, -0.05) is 36.8 Å². The Morgan fingerprint density at radius 1 is 1.27 bits per heavy atom. The Morgan fingerprint density at radius 3 is 2.69 bits per heavy atom. The van der Waals surface area contributed by atoms with E-state index in [1.807, 2.05) is 0 Å². The second-order valence-electron chi connectivity index (χ2n) is 6.30. The van der Waals surface area contributed by atoms with Crippen molar-refractivity contribution in [3.8, 4) is 0 Å². The molecule has 0 saturated heterocycles. The van der Waals surface area contributed by atoms with Crippen LogP contribution in [-0.2, 0) is 11.3 Å². The van der Waals surface area contributed by atoms with Gasteiger partial charge in [0.15, 0.2) is 5.96 Å². The molecule has 0 fully saturated rings. The molecule has 0 aliphatic heterocycles. The molecular formula is C20H27N3O3. The van der Waals surface area contributed by atoms with Gasteiger partial charge in [-0.25, -0.2) is 4.79 Å². The molecular weight excluding hydrogens is 330 g/mol. The van der Waals surface area contributed by atoms with Crippen LogP contribution >= 0.6 is 0 Å². The molecule has 2 aromatic rings. The topological polar surface area (TPSA) is 75.9 Å². The van der Waals surface area contributed by atoms with Crippen molar-refractivity contribution in [1.82, 2.24) is 10.6 Å². The minimum atomic E-state index is -0.396. The number of carbonyl (C=O) groups is 1. The number of furan rings is 1. The maximum Gasteiger partial charge on any atom is 0.341 e. The molecule has 0 amide bonds. The number of hydrogen-bond acceptors (Lipinski definition) is 4. The van der Waals surface area contributed by atoms with Gasteiger partial charge in [0.05, 0.1) is 13.7 Å². The number of nitrogens with one attached hydrogen (secondary N) is 2. The fourth-order valence-electron chi connectivity index (χ4n) is 2.68. The summed E-state index contributed by atoms with van der Waals surface area (Å²) >= 11 is 0. The molecule has 1 heterocycles. The zero-order valence-corrected chi connectivity index (χ0v) is 16.1. The lowest BCUT2D eigenvalue weighted by Gasteiger charge is -2.16. The van der Waals surface area contributed by atoms with Gasteiger partial charge in [-0.05, 0) is 31.4 Å². The molecule has 0 aliphatic rings. The Kier molecular flexibility index (Phi) is 6.83. The number of benzene rings is 1. The summed E-state index contributed by atoms with van der Waals surface area (Å²) in [6.07, 6.45) is 0. The van der Waals surface area contributed by atoms with Gasteiger partial charge in [-0.3, -0.25) is 4.99 Å². The average molecular weight is 357 g/mol. The van der Waals surface area contributed by atoms with Crippen LogP contribution in [0.1, 0.15) is 45.8 Å². The Bertz CT molecular complexity index is 780. The molecule has 0 spiro atoms. The van der Waals surface area contributed by atoms with Crippen LogP contribution in [0.25, 0.3) is 0 Å². The van der Waals surface area contributed by atoms with Crippen LogP contribution in [0, 0.1) is 13.8 Å². The van der Waals surface area contributed by atoms with E-state index >= 15 is 0 Å². The first-order chi connectivity index (χ1) is 12.4. The SMILES string of the molecule is CN=C(NCc1cc(C(=O)OC)c(C)o1)NCC(C)c1cccc(C)c1. The number of ether oxygens (including phenoxy) is 1. The lowest BCUT2D eigenvalue weighted by atomic mass is 9.99. The second-order valence-corrected chi connectivity index (χ2v) is 6.30. The number of aryl methyl sites for hydroxylation is 2. The van der Waals surface area contributed by atoms with Crippen molar-refractivity contribution < 1.29 is 13.9 Å². The smallest absolute Gasteiger partial charge is 0.341 e.